The lowest BCUT2D eigenvalue weighted by atomic mass is 9.99. The van der Waals surface area contributed by atoms with Crippen LogP contribution in [0.1, 0.15) is 11.7 Å². The van der Waals surface area contributed by atoms with E-state index in [1.54, 1.807) is 23.0 Å². The van der Waals surface area contributed by atoms with Gasteiger partial charge in [-0.05, 0) is 0 Å². The van der Waals surface area contributed by atoms with Crippen LogP contribution in [0.15, 0.2) is 24.8 Å². The Balaban J connectivity index is 1.69. The first kappa shape index (κ1) is 18.0. The molecule has 0 saturated carbocycles. The van der Waals surface area contributed by atoms with Gasteiger partial charge in [-0.1, -0.05) is 11.6 Å². The van der Waals surface area contributed by atoms with Crippen LogP contribution in [0.4, 0.5) is 10.2 Å². The van der Waals surface area contributed by atoms with Crippen molar-refractivity contribution in [3.63, 3.8) is 0 Å². The molecule has 1 aliphatic rings. The summed E-state index contributed by atoms with van der Waals surface area (Å²) < 4.78 is 28.1. The molecule has 11 heteroatoms. The molecule has 29 heavy (non-hydrogen) atoms. The van der Waals surface area contributed by atoms with E-state index in [2.05, 4.69) is 25.5 Å². The quantitative estimate of drug-likeness (QED) is 0.495. The lowest BCUT2D eigenvalue weighted by Gasteiger charge is -2.25. The molecular formula is C18H14ClFN6O3. The van der Waals surface area contributed by atoms with Crippen LogP contribution >= 0.6 is 11.6 Å². The van der Waals surface area contributed by atoms with Crippen LogP contribution in [0.3, 0.4) is 0 Å². The Morgan fingerprint density at radius 1 is 1.34 bits per heavy atom. The Hall–Kier alpha value is -3.08. The molecule has 1 saturated heterocycles. The van der Waals surface area contributed by atoms with E-state index >= 15 is 4.39 Å². The van der Waals surface area contributed by atoms with E-state index < -0.39 is 11.9 Å². The predicted octanol–water partition coefficient (Wildman–Crippen LogP) is 2.72. The predicted molar refractivity (Wildman–Crippen MR) is 102 cm³/mol. The van der Waals surface area contributed by atoms with Crippen molar-refractivity contribution in [1.82, 2.24) is 24.6 Å². The van der Waals surface area contributed by atoms with Gasteiger partial charge in [0.15, 0.2) is 17.3 Å². The number of nitrogens with one attached hydrogen (secondary N) is 2. The van der Waals surface area contributed by atoms with E-state index in [9.17, 15) is 4.79 Å². The fourth-order valence-corrected chi connectivity index (χ4v) is 3.80. The summed E-state index contributed by atoms with van der Waals surface area (Å²) in [5.74, 6) is -0.237. The molecule has 9 nitrogen and oxygen atoms in total. The maximum absolute atomic E-state index is 15.3. The second kappa shape index (κ2) is 7.07. The third-order valence-electron chi connectivity index (χ3n) is 4.77. The summed E-state index contributed by atoms with van der Waals surface area (Å²) in [5.41, 5.74) is 2.10. The minimum atomic E-state index is -0.607. The minimum Gasteiger partial charge on any atom is -0.376 e. The molecule has 4 heterocycles. The van der Waals surface area contributed by atoms with Crippen LogP contribution in [0, 0.1) is 5.82 Å². The maximum Gasteiger partial charge on any atom is 0.212 e. The maximum atomic E-state index is 15.3. The van der Waals surface area contributed by atoms with Crippen LogP contribution in [0.5, 0.6) is 0 Å². The van der Waals surface area contributed by atoms with Crippen molar-refractivity contribution in [1.29, 1.82) is 0 Å². The van der Waals surface area contributed by atoms with Crippen molar-refractivity contribution >= 4 is 40.4 Å². The number of aromatic nitrogens is 5. The molecule has 1 amide bonds. The molecule has 3 aromatic heterocycles. The molecule has 2 N–H and O–H groups in total. The number of ether oxygens (including phenoxy) is 2. The van der Waals surface area contributed by atoms with Crippen LogP contribution in [-0.4, -0.2) is 50.8 Å². The highest BCUT2D eigenvalue weighted by Gasteiger charge is 2.29. The number of imidazole rings is 1. The second-order valence-electron chi connectivity index (χ2n) is 6.44. The molecule has 1 atom stereocenters. The summed E-state index contributed by atoms with van der Waals surface area (Å²) in [6.45, 7) is 1.06. The van der Waals surface area contributed by atoms with Gasteiger partial charge >= 0.3 is 0 Å². The first-order valence-electron chi connectivity index (χ1n) is 8.76. The number of amides is 1. The highest BCUT2D eigenvalue weighted by atomic mass is 35.5. The fourth-order valence-electron chi connectivity index (χ4n) is 3.50. The van der Waals surface area contributed by atoms with Crippen molar-refractivity contribution in [2.45, 2.75) is 6.10 Å². The molecular weight excluding hydrogens is 403 g/mol. The molecule has 5 rings (SSSR count). The van der Waals surface area contributed by atoms with Gasteiger partial charge in [0.1, 0.15) is 6.10 Å². The summed E-state index contributed by atoms with van der Waals surface area (Å²) in [6.07, 6.45) is 6.31. The topological polar surface area (TPSA) is 106 Å². The van der Waals surface area contributed by atoms with Crippen LogP contribution in [0.2, 0.25) is 5.02 Å². The second-order valence-corrected chi connectivity index (χ2v) is 6.81. The van der Waals surface area contributed by atoms with Gasteiger partial charge in [-0.2, -0.15) is 5.10 Å². The normalized spacial score (nSPS) is 17.1. The molecule has 1 aliphatic heterocycles. The Bertz CT molecular complexity index is 1230. The number of hydrogen-bond donors (Lipinski definition) is 2. The third kappa shape index (κ3) is 2.92. The van der Waals surface area contributed by atoms with Gasteiger partial charge in [0.05, 0.1) is 54.6 Å². The third-order valence-corrected chi connectivity index (χ3v) is 5.12. The minimum absolute atomic E-state index is 0.0821. The van der Waals surface area contributed by atoms with E-state index in [0.717, 1.165) is 0 Å². The van der Waals surface area contributed by atoms with Gasteiger partial charge in [0.2, 0.25) is 6.41 Å². The lowest BCUT2D eigenvalue weighted by Crippen LogP contribution is -2.23. The molecule has 1 aromatic carbocycles. The van der Waals surface area contributed by atoms with Gasteiger partial charge in [0, 0.05) is 22.7 Å². The van der Waals surface area contributed by atoms with Gasteiger partial charge in [-0.15, -0.1) is 0 Å². The number of nitrogens with zero attached hydrogens (tertiary/aromatic N) is 4. The highest BCUT2D eigenvalue weighted by Crippen LogP contribution is 2.41. The van der Waals surface area contributed by atoms with Crippen molar-refractivity contribution in [3.8, 4) is 11.3 Å². The molecule has 1 unspecified atom stereocenters. The lowest BCUT2D eigenvalue weighted by molar-refractivity contribution is -0.105. The first-order valence-corrected chi connectivity index (χ1v) is 9.13. The molecule has 0 bridgehead atoms. The number of fused-ring (bicyclic) bond motifs is 2. The summed E-state index contributed by atoms with van der Waals surface area (Å²) in [7, 11) is 0. The molecule has 0 aliphatic carbocycles. The standard InChI is InChI=1S/C18H14ClFN6O3/c19-16-14(10-5-26-6-12(22-8-27)24-13(26)4-21-10)9-3-23-25-18(9)15(17(16)20)11-7-28-1-2-29-11/h3-6,8,11H,1-2,7H2,(H,22,27)(H,23,25). The fraction of sp³-hybridized carbons (Fsp3) is 0.222. The zero-order chi connectivity index (χ0) is 20.0. The summed E-state index contributed by atoms with van der Waals surface area (Å²) in [6, 6.07) is 0. The van der Waals surface area contributed by atoms with Gasteiger partial charge in [-0.25, -0.2) is 9.37 Å². The summed E-state index contributed by atoms with van der Waals surface area (Å²) in [5, 5.41) is 9.92. The van der Waals surface area contributed by atoms with Crippen LogP contribution in [-0.2, 0) is 14.3 Å². The number of carbonyl (C=O) groups is 1. The van der Waals surface area contributed by atoms with Gasteiger partial charge in [0.25, 0.3) is 0 Å². The molecule has 0 spiro atoms. The van der Waals surface area contributed by atoms with Crippen molar-refractivity contribution in [2.75, 3.05) is 25.1 Å². The number of rotatable bonds is 4. The smallest absolute Gasteiger partial charge is 0.212 e. The van der Waals surface area contributed by atoms with Crippen LogP contribution in [0.25, 0.3) is 27.8 Å². The summed E-state index contributed by atoms with van der Waals surface area (Å²) >= 11 is 6.46. The van der Waals surface area contributed by atoms with Crippen LogP contribution < -0.4 is 5.32 Å². The molecule has 1 fully saturated rings. The number of hydrogen-bond acceptors (Lipinski definition) is 6. The van der Waals surface area contributed by atoms with E-state index in [1.807, 2.05) is 0 Å². The Labute approximate surface area is 167 Å². The average Bonchev–Trinajstić information content (AvgIpc) is 3.36. The Morgan fingerprint density at radius 2 is 2.24 bits per heavy atom. The molecule has 148 valence electrons. The molecule has 4 aromatic rings. The largest absolute Gasteiger partial charge is 0.376 e. The molecule has 0 radical (unpaired) electrons. The Morgan fingerprint density at radius 3 is 3.03 bits per heavy atom. The van der Waals surface area contributed by atoms with Crippen molar-refractivity contribution in [3.05, 3.63) is 41.2 Å². The average molecular weight is 417 g/mol. The van der Waals surface area contributed by atoms with Gasteiger partial charge in [-0.3, -0.25) is 14.9 Å². The number of carbonyl (C=O) groups excluding carboxylic acids is 1. The van der Waals surface area contributed by atoms with E-state index in [4.69, 9.17) is 21.1 Å². The highest BCUT2D eigenvalue weighted by molar-refractivity contribution is 6.35. The number of halogens is 2. The number of H-pyrrole nitrogens is 1. The zero-order valence-electron chi connectivity index (χ0n) is 14.9. The van der Waals surface area contributed by atoms with E-state index in [0.29, 0.717) is 53.2 Å². The van der Waals surface area contributed by atoms with E-state index in [-0.39, 0.29) is 17.2 Å². The van der Waals surface area contributed by atoms with Crippen molar-refractivity contribution in [2.24, 2.45) is 0 Å². The monoisotopic (exact) mass is 416 g/mol. The van der Waals surface area contributed by atoms with Gasteiger partial charge < -0.3 is 19.2 Å². The SMILES string of the molecule is O=CNc1cn2cc(-c3c(Cl)c(F)c(C4COCCO4)c4[nH]ncc34)ncc2n1. The van der Waals surface area contributed by atoms with E-state index in [1.165, 1.54) is 6.20 Å². The number of benzene rings is 1. The Kier molecular flexibility index (Phi) is 4.38. The number of anilines is 1. The zero-order valence-corrected chi connectivity index (χ0v) is 15.6. The number of aromatic amines is 1. The first-order chi connectivity index (χ1) is 14.2. The summed E-state index contributed by atoms with van der Waals surface area (Å²) in [4.78, 5) is 19.2. The van der Waals surface area contributed by atoms with Crippen molar-refractivity contribution < 1.29 is 18.7 Å².